The largest absolute Gasteiger partial charge is 0.672 e. The normalized spacial score (nSPS) is 40.5. The van der Waals surface area contributed by atoms with Crippen molar-refractivity contribution in [3.63, 3.8) is 0 Å². The van der Waals surface area contributed by atoms with Crippen LogP contribution in [0.25, 0.3) is 5.73 Å². The molecule has 4 heteroatoms. The molecule has 25 heavy (non-hydrogen) atoms. The summed E-state index contributed by atoms with van der Waals surface area (Å²) in [6.07, 6.45) is 8.61. The molecule has 5 aliphatic rings. The molecule has 1 N–H and O–H groups in total. The van der Waals surface area contributed by atoms with Gasteiger partial charge in [0.1, 0.15) is 5.67 Å². The molecule has 0 aromatic carbocycles. The minimum Gasteiger partial charge on any atom is -0.672 e. The third kappa shape index (κ3) is 5.71. The first-order chi connectivity index (χ1) is 11.1. The van der Waals surface area contributed by atoms with Crippen LogP contribution in [0.15, 0.2) is 16.7 Å². The van der Waals surface area contributed by atoms with Gasteiger partial charge in [-0.3, -0.25) is 6.08 Å². The van der Waals surface area contributed by atoms with Crippen LogP contribution in [-0.4, -0.2) is 20.7 Å². The quantitative estimate of drug-likeness (QED) is 0.260. The molecule has 0 aromatic heterocycles. The summed E-state index contributed by atoms with van der Waals surface area (Å²) in [5, 5.41) is 0. The standard InChI is InChI=1S/C10H15FN.C9H13.C2H7Si.Hf/c11-9-2-7-1-8(3-9)5-10(12,4-7)6-9;1-6-5-7(2)9(4)8(6)3;1-3-2;/h7-8,12H,1-6H2;6H,1-4H3;3H,1-2H3;/q2*-1;;. The van der Waals surface area contributed by atoms with Gasteiger partial charge in [-0.05, 0) is 37.5 Å². The van der Waals surface area contributed by atoms with Gasteiger partial charge in [0.05, 0.1) is 0 Å². The van der Waals surface area contributed by atoms with Crippen LogP contribution in [0.3, 0.4) is 0 Å². The average Bonchev–Trinajstić information content (AvgIpc) is 2.63. The maximum absolute atomic E-state index is 14.0. The molecule has 141 valence electrons. The van der Waals surface area contributed by atoms with E-state index in [1.807, 2.05) is 0 Å². The van der Waals surface area contributed by atoms with Crippen molar-refractivity contribution in [3.05, 3.63) is 28.5 Å². The van der Waals surface area contributed by atoms with Gasteiger partial charge in [-0.15, -0.1) is 12.5 Å². The molecule has 3 atom stereocenters. The Kier molecular flexibility index (Phi) is 8.55. The van der Waals surface area contributed by atoms with E-state index in [-0.39, 0.29) is 31.4 Å². The van der Waals surface area contributed by atoms with E-state index in [9.17, 15) is 4.39 Å². The first kappa shape index (κ1) is 23.5. The van der Waals surface area contributed by atoms with E-state index in [1.165, 1.54) is 23.1 Å². The Balaban J connectivity index is 0.000000216. The molecule has 0 spiro atoms. The van der Waals surface area contributed by atoms with Gasteiger partial charge in [0, 0.05) is 35.4 Å². The van der Waals surface area contributed by atoms with Crippen molar-refractivity contribution in [2.24, 2.45) is 17.8 Å². The molecular weight excluding hydrogens is 492 g/mol. The van der Waals surface area contributed by atoms with Crippen LogP contribution in [0.1, 0.15) is 66.2 Å². The predicted molar refractivity (Wildman–Crippen MR) is 104 cm³/mol. The van der Waals surface area contributed by atoms with E-state index in [0.29, 0.717) is 24.2 Å². The number of halogens is 1. The zero-order valence-electron chi connectivity index (χ0n) is 16.9. The molecule has 0 saturated heterocycles. The zero-order valence-corrected chi connectivity index (χ0v) is 21.7. The van der Waals surface area contributed by atoms with Gasteiger partial charge in [0.2, 0.25) is 0 Å². The first-order valence-corrected chi connectivity index (χ1v) is 11.9. The van der Waals surface area contributed by atoms with Gasteiger partial charge in [0.15, 0.2) is 0 Å². The first-order valence-electron chi connectivity index (χ1n) is 9.57. The molecule has 0 aromatic rings. The number of hydrogen-bond acceptors (Lipinski definition) is 0. The Morgan fingerprint density at radius 3 is 1.80 bits per heavy atom. The minimum atomic E-state index is -0.925. The Morgan fingerprint density at radius 1 is 1.08 bits per heavy atom. The topological polar surface area (TPSA) is 23.8 Å². The third-order valence-corrected chi connectivity index (χ3v) is 6.23. The average molecular weight is 527 g/mol. The van der Waals surface area contributed by atoms with Crippen LogP contribution in [0.5, 0.6) is 0 Å². The molecule has 4 bridgehead atoms. The minimum absolute atomic E-state index is 0. The van der Waals surface area contributed by atoms with Gasteiger partial charge in [-0.1, -0.05) is 52.6 Å². The molecule has 1 nitrogen and oxygen atoms in total. The molecule has 0 heterocycles. The Labute approximate surface area is 176 Å². The maximum atomic E-state index is 14.0. The fraction of sp³-hybridized carbons (Fsp3) is 0.810. The van der Waals surface area contributed by atoms with Crippen LogP contribution in [0, 0.1) is 23.8 Å². The van der Waals surface area contributed by atoms with Crippen molar-refractivity contribution in [3.8, 4) is 0 Å². The van der Waals surface area contributed by atoms with E-state index >= 15 is 0 Å². The SMILES string of the molecule is CC1=[C-]C(C)C(C)=C1C.C[SiH]C.[Hf].[NH-]C12CC3CC(C1)CC(F)(C3)C2. The second-order valence-corrected chi connectivity index (χ2v) is 9.92. The fourth-order valence-electron chi connectivity index (χ4n) is 5.31. The molecule has 0 amide bonds. The van der Waals surface area contributed by atoms with E-state index in [2.05, 4.69) is 46.9 Å². The molecule has 4 fully saturated rings. The summed E-state index contributed by atoms with van der Waals surface area (Å²) in [6, 6.07) is 0. The van der Waals surface area contributed by atoms with Gasteiger partial charge < -0.3 is 5.73 Å². The summed E-state index contributed by atoms with van der Waals surface area (Å²) < 4.78 is 14.0. The van der Waals surface area contributed by atoms with Gasteiger partial charge >= 0.3 is 0 Å². The number of allylic oxidation sites excluding steroid dienone is 4. The van der Waals surface area contributed by atoms with Crippen LogP contribution < -0.4 is 0 Å². The second kappa shape index (κ2) is 9.10. The van der Waals surface area contributed by atoms with E-state index in [4.69, 9.17) is 5.73 Å². The molecule has 0 aliphatic heterocycles. The Morgan fingerprint density at radius 2 is 1.56 bits per heavy atom. The van der Waals surface area contributed by atoms with Crippen LogP contribution >= 0.6 is 0 Å². The Hall–Kier alpha value is 0.457. The Bertz CT molecular complexity index is 494. The van der Waals surface area contributed by atoms with Gasteiger partial charge in [-0.2, -0.15) is 11.1 Å². The molecule has 4 saturated carbocycles. The summed E-state index contributed by atoms with van der Waals surface area (Å²) in [4.78, 5) is 0. The number of alkyl halides is 1. The van der Waals surface area contributed by atoms with Crippen molar-refractivity contribution < 1.29 is 30.2 Å². The smallest absolute Gasteiger partial charge is 0.110 e. The van der Waals surface area contributed by atoms with Crippen molar-refractivity contribution in [1.29, 1.82) is 0 Å². The molecular formula is C21H35FHfNSi-2. The van der Waals surface area contributed by atoms with Crippen molar-refractivity contribution in [2.45, 2.75) is 90.5 Å². The van der Waals surface area contributed by atoms with E-state index in [0.717, 1.165) is 35.2 Å². The zero-order chi connectivity index (χ0) is 18.1. The van der Waals surface area contributed by atoms with Crippen LogP contribution in [0.4, 0.5) is 4.39 Å². The van der Waals surface area contributed by atoms with Crippen molar-refractivity contribution >= 4 is 9.52 Å². The number of nitrogens with one attached hydrogen (secondary N) is 1. The van der Waals surface area contributed by atoms with Crippen LogP contribution in [-0.2, 0) is 25.8 Å². The van der Waals surface area contributed by atoms with Gasteiger partial charge in [0.25, 0.3) is 0 Å². The maximum Gasteiger partial charge on any atom is 0.110 e. The molecule has 1 radical (unpaired) electrons. The molecule has 5 rings (SSSR count). The summed E-state index contributed by atoms with van der Waals surface area (Å²) in [7, 11) is 0.750. The van der Waals surface area contributed by atoms with Crippen LogP contribution in [0.2, 0.25) is 13.1 Å². The van der Waals surface area contributed by atoms with Gasteiger partial charge in [-0.25, -0.2) is 9.96 Å². The van der Waals surface area contributed by atoms with E-state index in [1.54, 1.807) is 0 Å². The summed E-state index contributed by atoms with van der Waals surface area (Å²) >= 11 is 0. The summed E-state index contributed by atoms with van der Waals surface area (Å²) in [6.45, 7) is 13.1. The number of rotatable bonds is 0. The van der Waals surface area contributed by atoms with E-state index < -0.39 is 5.67 Å². The summed E-state index contributed by atoms with van der Waals surface area (Å²) in [5.74, 6) is 1.66. The number of hydrogen-bond donors (Lipinski definition) is 0. The fourth-order valence-corrected chi connectivity index (χ4v) is 5.31. The molecule has 3 unspecified atom stereocenters. The third-order valence-electron chi connectivity index (χ3n) is 6.23. The van der Waals surface area contributed by atoms with Crippen molar-refractivity contribution in [1.82, 2.24) is 0 Å². The monoisotopic (exact) mass is 528 g/mol. The summed E-state index contributed by atoms with van der Waals surface area (Å²) in [5.41, 5.74) is 11.1. The predicted octanol–water partition coefficient (Wildman–Crippen LogP) is 6.34. The second-order valence-electron chi connectivity index (χ2n) is 8.77. The molecule has 5 aliphatic carbocycles. The van der Waals surface area contributed by atoms with Crippen molar-refractivity contribution in [2.75, 3.05) is 0 Å².